The summed E-state index contributed by atoms with van der Waals surface area (Å²) in [5.74, 6) is -3.61. The van der Waals surface area contributed by atoms with Gasteiger partial charge in [0, 0.05) is 25.0 Å². The molecular formula is C20H33N3O8S. The van der Waals surface area contributed by atoms with Crippen LogP contribution in [0.5, 0.6) is 0 Å². The summed E-state index contributed by atoms with van der Waals surface area (Å²) in [5.41, 5.74) is 5.67. The number of nitrogens with two attached hydrogens (primary N) is 1. The summed E-state index contributed by atoms with van der Waals surface area (Å²) >= 11 is 0.829. The van der Waals surface area contributed by atoms with Crippen LogP contribution >= 0.6 is 11.8 Å². The van der Waals surface area contributed by atoms with Crippen LogP contribution in [0, 0.1) is 0 Å². The Morgan fingerprint density at radius 2 is 1.59 bits per heavy atom. The third kappa shape index (κ3) is 11.2. The van der Waals surface area contributed by atoms with Gasteiger partial charge in [-0.15, -0.1) is 0 Å². The van der Waals surface area contributed by atoms with Gasteiger partial charge in [-0.1, -0.05) is 25.6 Å². The molecule has 0 rings (SSSR count). The van der Waals surface area contributed by atoms with Gasteiger partial charge in [-0.05, 0) is 20.3 Å². The molecule has 0 radical (unpaired) electrons. The topological polar surface area (TPSA) is 162 Å². The predicted octanol–water partition coefficient (Wildman–Crippen LogP) is 0.140. The molecule has 0 aliphatic rings. The maximum atomic E-state index is 13.0. The van der Waals surface area contributed by atoms with E-state index in [0.29, 0.717) is 4.90 Å². The zero-order chi connectivity index (χ0) is 24.7. The van der Waals surface area contributed by atoms with Crippen LogP contribution in [0.25, 0.3) is 0 Å². The first-order valence-electron chi connectivity index (χ1n) is 10.5. The fourth-order valence-corrected chi connectivity index (χ4v) is 3.16. The molecule has 0 saturated carbocycles. The molecule has 3 amide bonds. The first-order chi connectivity index (χ1) is 15.1. The summed E-state index contributed by atoms with van der Waals surface area (Å²) < 4.78 is 9.59. The van der Waals surface area contributed by atoms with Crippen molar-refractivity contribution in [2.75, 3.05) is 25.5 Å². The van der Waals surface area contributed by atoms with Gasteiger partial charge in [0.1, 0.15) is 18.6 Å². The first-order valence-corrected chi connectivity index (χ1v) is 11.5. The molecule has 12 heteroatoms. The number of carbonyl (C=O) groups excluding carboxylic acids is 6. The Kier molecular flexibility index (Phi) is 15.0. The van der Waals surface area contributed by atoms with Crippen molar-refractivity contribution in [3.63, 3.8) is 0 Å². The maximum absolute atomic E-state index is 13.0. The van der Waals surface area contributed by atoms with E-state index in [0.717, 1.165) is 11.8 Å². The number of esters is 2. The lowest BCUT2D eigenvalue weighted by atomic mass is 10.1. The minimum atomic E-state index is -1.24. The predicted molar refractivity (Wildman–Crippen MR) is 117 cm³/mol. The highest BCUT2D eigenvalue weighted by molar-refractivity contribution is 8.13. The molecule has 0 spiro atoms. The molecule has 11 nitrogen and oxygen atoms in total. The number of amides is 3. The fourth-order valence-electron chi connectivity index (χ4n) is 2.38. The molecule has 0 aromatic rings. The second-order valence-electron chi connectivity index (χ2n) is 6.53. The number of ether oxygens (including phenoxy) is 2. The molecule has 0 aromatic carbocycles. The van der Waals surface area contributed by atoms with Gasteiger partial charge in [-0.25, -0.2) is 0 Å². The van der Waals surface area contributed by atoms with Gasteiger partial charge >= 0.3 is 11.9 Å². The van der Waals surface area contributed by atoms with E-state index in [4.69, 9.17) is 15.2 Å². The molecule has 2 atom stereocenters. The molecule has 0 aliphatic heterocycles. The van der Waals surface area contributed by atoms with Crippen LogP contribution in [-0.2, 0) is 38.2 Å². The van der Waals surface area contributed by atoms with Crippen molar-refractivity contribution in [3.05, 3.63) is 0 Å². The SMILES string of the molecule is CCOC(=O)CN(C(=O)CC)C(=O)C(CSC(=O)CC)NC(=O)CCC(N)C(=O)OCC. The van der Waals surface area contributed by atoms with Gasteiger partial charge in [0.25, 0.3) is 5.91 Å². The van der Waals surface area contributed by atoms with E-state index in [1.807, 2.05) is 0 Å². The summed E-state index contributed by atoms with van der Waals surface area (Å²) in [6, 6.07) is -2.25. The normalized spacial score (nSPS) is 12.3. The standard InChI is InChI=1S/C20H33N3O8S/c1-5-16(25)23(11-17(26)30-7-3)19(28)14(12-32-18(27)6-2)22-15(24)10-9-13(21)20(29)31-8-4/h13-14H,5-12,21H2,1-4H3,(H,22,24). The summed E-state index contributed by atoms with van der Waals surface area (Å²) in [6.07, 6.45) is -0.0433. The molecule has 0 aliphatic carbocycles. The number of rotatable bonds is 14. The number of nitrogens with one attached hydrogen (secondary N) is 1. The van der Waals surface area contributed by atoms with Crippen LogP contribution in [0.15, 0.2) is 0 Å². The van der Waals surface area contributed by atoms with E-state index in [1.165, 1.54) is 6.92 Å². The van der Waals surface area contributed by atoms with Crippen molar-refractivity contribution in [2.45, 2.75) is 65.5 Å². The lowest BCUT2D eigenvalue weighted by molar-refractivity contribution is -0.156. The highest BCUT2D eigenvalue weighted by Crippen LogP contribution is 2.11. The molecule has 3 N–H and O–H groups in total. The van der Waals surface area contributed by atoms with Gasteiger partial charge in [-0.2, -0.15) is 0 Å². The van der Waals surface area contributed by atoms with Gasteiger partial charge < -0.3 is 20.5 Å². The second kappa shape index (κ2) is 16.2. The number of thioether (sulfide) groups is 1. The maximum Gasteiger partial charge on any atom is 0.326 e. The Bertz CT molecular complexity index is 686. The van der Waals surface area contributed by atoms with Crippen LogP contribution in [0.4, 0.5) is 0 Å². The van der Waals surface area contributed by atoms with E-state index >= 15 is 0 Å². The summed E-state index contributed by atoms with van der Waals surface area (Å²) in [7, 11) is 0. The van der Waals surface area contributed by atoms with Crippen LogP contribution in [0.2, 0.25) is 0 Å². The smallest absolute Gasteiger partial charge is 0.326 e. The van der Waals surface area contributed by atoms with Crippen molar-refractivity contribution in [1.82, 2.24) is 10.2 Å². The van der Waals surface area contributed by atoms with Crippen molar-refractivity contribution in [3.8, 4) is 0 Å². The van der Waals surface area contributed by atoms with Gasteiger partial charge in [0.05, 0.1) is 13.2 Å². The van der Waals surface area contributed by atoms with Crippen molar-refractivity contribution in [1.29, 1.82) is 0 Å². The van der Waals surface area contributed by atoms with E-state index in [9.17, 15) is 28.8 Å². The average Bonchev–Trinajstić information content (AvgIpc) is 2.77. The van der Waals surface area contributed by atoms with Crippen LogP contribution < -0.4 is 11.1 Å². The molecule has 0 aromatic heterocycles. The summed E-state index contributed by atoms with van der Waals surface area (Å²) in [4.78, 5) is 73.5. The van der Waals surface area contributed by atoms with E-state index in [-0.39, 0.29) is 49.8 Å². The van der Waals surface area contributed by atoms with E-state index < -0.39 is 48.3 Å². The Labute approximate surface area is 192 Å². The molecule has 0 bridgehead atoms. The second-order valence-corrected chi connectivity index (χ2v) is 7.61. The van der Waals surface area contributed by atoms with Crippen molar-refractivity contribution in [2.24, 2.45) is 5.73 Å². The quantitative estimate of drug-likeness (QED) is 0.330. The molecule has 32 heavy (non-hydrogen) atoms. The molecule has 2 unspecified atom stereocenters. The number of nitrogens with zero attached hydrogens (tertiary/aromatic N) is 1. The average molecular weight is 476 g/mol. The molecule has 0 heterocycles. The Balaban J connectivity index is 5.37. The van der Waals surface area contributed by atoms with Gasteiger partial charge in [-0.3, -0.25) is 33.7 Å². The molecule has 182 valence electrons. The minimum absolute atomic E-state index is 0.0208. The number of hydrogen-bond acceptors (Lipinski definition) is 10. The minimum Gasteiger partial charge on any atom is -0.465 e. The van der Waals surface area contributed by atoms with Crippen molar-refractivity contribution >= 4 is 46.5 Å². The molecular weight excluding hydrogens is 442 g/mol. The Morgan fingerprint density at radius 1 is 0.969 bits per heavy atom. The zero-order valence-corrected chi connectivity index (χ0v) is 19.8. The monoisotopic (exact) mass is 475 g/mol. The largest absolute Gasteiger partial charge is 0.465 e. The zero-order valence-electron chi connectivity index (χ0n) is 19.0. The third-order valence-corrected chi connectivity index (χ3v) is 5.18. The van der Waals surface area contributed by atoms with Crippen molar-refractivity contribution < 1.29 is 38.2 Å². The number of imide groups is 1. The summed E-state index contributed by atoms with van der Waals surface area (Å²) in [6.45, 7) is 6.00. The summed E-state index contributed by atoms with van der Waals surface area (Å²) in [5, 5.41) is 2.26. The lowest BCUT2D eigenvalue weighted by Crippen LogP contribution is -2.53. The number of carbonyl (C=O) groups is 6. The van der Waals surface area contributed by atoms with Gasteiger partial charge in [0.15, 0.2) is 5.12 Å². The van der Waals surface area contributed by atoms with E-state index in [2.05, 4.69) is 5.32 Å². The molecule has 0 saturated heterocycles. The van der Waals surface area contributed by atoms with Crippen LogP contribution in [0.1, 0.15) is 53.4 Å². The van der Waals surface area contributed by atoms with Gasteiger partial charge in [0.2, 0.25) is 11.8 Å². The van der Waals surface area contributed by atoms with Crippen LogP contribution in [0.3, 0.4) is 0 Å². The highest BCUT2D eigenvalue weighted by Gasteiger charge is 2.32. The van der Waals surface area contributed by atoms with Crippen LogP contribution in [-0.4, -0.2) is 77.3 Å². The fraction of sp³-hybridized carbons (Fsp3) is 0.700. The Hall–Kier alpha value is -2.47. The lowest BCUT2D eigenvalue weighted by Gasteiger charge is -2.25. The van der Waals surface area contributed by atoms with E-state index in [1.54, 1.807) is 20.8 Å². The number of hydrogen-bond donors (Lipinski definition) is 2. The molecule has 0 fully saturated rings. The Morgan fingerprint density at radius 3 is 2.12 bits per heavy atom. The highest BCUT2D eigenvalue weighted by atomic mass is 32.2. The first kappa shape index (κ1) is 29.5. The third-order valence-electron chi connectivity index (χ3n) is 4.07.